The van der Waals surface area contributed by atoms with Crippen LogP contribution < -0.4 is 11.1 Å². The Kier molecular flexibility index (Phi) is 5.30. The Bertz CT molecular complexity index is 625. The lowest BCUT2D eigenvalue weighted by Crippen LogP contribution is -2.33. The number of amides is 1. The molecule has 0 bridgehead atoms. The van der Waals surface area contributed by atoms with Gasteiger partial charge in [-0.1, -0.05) is 12.1 Å². The topological polar surface area (TPSA) is 88.5 Å². The lowest BCUT2D eigenvalue weighted by atomic mass is 10.0. The van der Waals surface area contributed by atoms with Gasteiger partial charge in [-0.05, 0) is 37.1 Å². The number of carbonyl (C=O) groups excluding carboxylic acids is 1. The molecule has 0 aliphatic rings. The first-order valence-corrected chi connectivity index (χ1v) is 7.01. The third-order valence-electron chi connectivity index (χ3n) is 3.33. The van der Waals surface area contributed by atoms with Crippen LogP contribution in [-0.4, -0.2) is 17.1 Å². The highest BCUT2D eigenvalue weighted by molar-refractivity contribution is 5.94. The second-order valence-corrected chi connectivity index (χ2v) is 5.18. The lowest BCUT2D eigenvalue weighted by Gasteiger charge is -2.18. The number of hydrogen-bond acceptors (Lipinski definition) is 4. The molecule has 4 N–H and O–H groups in total. The fourth-order valence-electron chi connectivity index (χ4n) is 2.13. The Balaban J connectivity index is 1.90. The molecule has 0 spiro atoms. The molecule has 0 fully saturated rings. The first kappa shape index (κ1) is 16.2. The molecule has 1 amide bonds. The molecule has 0 aliphatic heterocycles. The minimum atomic E-state index is -0.778. The van der Waals surface area contributed by atoms with Crippen molar-refractivity contribution >= 4 is 5.91 Å². The van der Waals surface area contributed by atoms with Crippen LogP contribution in [0.25, 0.3) is 0 Å². The Morgan fingerprint density at radius 2 is 2.09 bits per heavy atom. The molecule has 1 aromatic heterocycles. The molecule has 6 heteroatoms. The minimum Gasteiger partial charge on any atom is -0.467 e. The number of benzene rings is 1. The van der Waals surface area contributed by atoms with Gasteiger partial charge in [0.25, 0.3) is 5.91 Å². The van der Waals surface area contributed by atoms with Gasteiger partial charge in [0.2, 0.25) is 0 Å². The molecular weight excluding hydrogens is 287 g/mol. The predicted molar refractivity (Wildman–Crippen MR) is 79.5 cm³/mol. The molecule has 1 heterocycles. The van der Waals surface area contributed by atoms with Crippen molar-refractivity contribution in [3.8, 4) is 0 Å². The number of nitrogens with one attached hydrogen (secondary N) is 1. The SMILES string of the molecule is CC(CC(O)c1ccc(F)cc1)NC(=O)c1coc(CN)c1. The second-order valence-electron chi connectivity index (χ2n) is 5.18. The fraction of sp³-hybridized carbons (Fsp3) is 0.312. The Labute approximate surface area is 127 Å². The van der Waals surface area contributed by atoms with Crippen molar-refractivity contribution in [2.45, 2.75) is 32.0 Å². The number of aliphatic hydroxyl groups is 1. The maximum Gasteiger partial charge on any atom is 0.254 e. The highest BCUT2D eigenvalue weighted by Crippen LogP contribution is 2.19. The van der Waals surface area contributed by atoms with E-state index in [0.29, 0.717) is 23.3 Å². The highest BCUT2D eigenvalue weighted by Gasteiger charge is 2.16. The summed E-state index contributed by atoms with van der Waals surface area (Å²) in [5.41, 5.74) is 6.42. The zero-order chi connectivity index (χ0) is 16.1. The fourth-order valence-corrected chi connectivity index (χ4v) is 2.13. The van der Waals surface area contributed by atoms with Gasteiger partial charge >= 0.3 is 0 Å². The Hall–Kier alpha value is -2.18. The van der Waals surface area contributed by atoms with Crippen LogP contribution in [0, 0.1) is 5.82 Å². The number of nitrogens with two attached hydrogens (primary N) is 1. The monoisotopic (exact) mass is 306 g/mol. The normalized spacial score (nSPS) is 13.6. The average Bonchev–Trinajstić information content (AvgIpc) is 2.96. The van der Waals surface area contributed by atoms with E-state index in [1.165, 1.54) is 30.5 Å². The van der Waals surface area contributed by atoms with E-state index < -0.39 is 6.10 Å². The van der Waals surface area contributed by atoms with Gasteiger partial charge in [-0.25, -0.2) is 4.39 Å². The largest absolute Gasteiger partial charge is 0.467 e. The molecule has 2 unspecified atom stereocenters. The number of halogens is 1. The van der Waals surface area contributed by atoms with Gasteiger partial charge in [0, 0.05) is 6.04 Å². The molecule has 0 radical (unpaired) electrons. The summed E-state index contributed by atoms with van der Waals surface area (Å²) in [4.78, 5) is 12.0. The smallest absolute Gasteiger partial charge is 0.254 e. The standard InChI is InChI=1S/C16H19FN2O3/c1-10(6-15(20)11-2-4-13(17)5-3-11)19-16(21)12-7-14(8-18)22-9-12/h2-5,7,9-10,15,20H,6,8,18H2,1H3,(H,19,21). The van der Waals surface area contributed by atoms with E-state index in [1.807, 2.05) is 0 Å². The Morgan fingerprint density at radius 1 is 1.41 bits per heavy atom. The van der Waals surface area contributed by atoms with Crippen LogP contribution in [0.3, 0.4) is 0 Å². The third kappa shape index (κ3) is 4.16. The quantitative estimate of drug-likeness (QED) is 0.762. The van der Waals surface area contributed by atoms with E-state index in [9.17, 15) is 14.3 Å². The summed E-state index contributed by atoms with van der Waals surface area (Å²) in [6.45, 7) is 2.01. The van der Waals surface area contributed by atoms with E-state index in [0.717, 1.165) is 0 Å². The van der Waals surface area contributed by atoms with Crippen LogP contribution in [-0.2, 0) is 6.54 Å². The van der Waals surface area contributed by atoms with Gasteiger partial charge in [-0.15, -0.1) is 0 Å². The van der Waals surface area contributed by atoms with Crippen LogP contribution in [0.1, 0.15) is 41.1 Å². The third-order valence-corrected chi connectivity index (χ3v) is 3.33. The van der Waals surface area contributed by atoms with Crippen molar-refractivity contribution in [2.24, 2.45) is 5.73 Å². The number of hydrogen-bond donors (Lipinski definition) is 3. The Morgan fingerprint density at radius 3 is 2.68 bits per heavy atom. The van der Waals surface area contributed by atoms with E-state index >= 15 is 0 Å². The van der Waals surface area contributed by atoms with Crippen LogP contribution in [0.2, 0.25) is 0 Å². The zero-order valence-corrected chi connectivity index (χ0v) is 12.3. The van der Waals surface area contributed by atoms with Crippen LogP contribution >= 0.6 is 0 Å². The highest BCUT2D eigenvalue weighted by atomic mass is 19.1. The number of carbonyl (C=O) groups is 1. The van der Waals surface area contributed by atoms with Crippen molar-refractivity contribution in [1.29, 1.82) is 0 Å². The number of rotatable bonds is 6. The molecule has 2 rings (SSSR count). The molecule has 2 atom stereocenters. The van der Waals surface area contributed by atoms with E-state index in [2.05, 4.69) is 5.32 Å². The minimum absolute atomic E-state index is 0.228. The number of furan rings is 1. The molecule has 2 aromatic rings. The van der Waals surface area contributed by atoms with E-state index in [-0.39, 0.29) is 24.3 Å². The van der Waals surface area contributed by atoms with Crippen LogP contribution in [0.4, 0.5) is 4.39 Å². The first-order chi connectivity index (χ1) is 10.5. The molecule has 0 aliphatic carbocycles. The molecule has 22 heavy (non-hydrogen) atoms. The van der Waals surface area contributed by atoms with Crippen molar-refractivity contribution < 1.29 is 18.7 Å². The van der Waals surface area contributed by atoms with Crippen LogP contribution in [0.5, 0.6) is 0 Å². The molecule has 0 saturated carbocycles. The van der Waals surface area contributed by atoms with Gasteiger partial charge in [0.1, 0.15) is 17.8 Å². The van der Waals surface area contributed by atoms with Crippen molar-refractivity contribution in [1.82, 2.24) is 5.32 Å². The second kappa shape index (κ2) is 7.20. The number of aliphatic hydroxyl groups excluding tert-OH is 1. The zero-order valence-electron chi connectivity index (χ0n) is 12.3. The maximum atomic E-state index is 12.8. The summed E-state index contributed by atoms with van der Waals surface area (Å²) in [5, 5.41) is 12.9. The molecule has 5 nitrogen and oxygen atoms in total. The van der Waals surface area contributed by atoms with Crippen LogP contribution in [0.15, 0.2) is 41.0 Å². The molecule has 0 saturated heterocycles. The lowest BCUT2D eigenvalue weighted by molar-refractivity contribution is 0.0916. The van der Waals surface area contributed by atoms with Gasteiger partial charge in [0.15, 0.2) is 0 Å². The van der Waals surface area contributed by atoms with Gasteiger partial charge in [-0.2, -0.15) is 0 Å². The van der Waals surface area contributed by atoms with Gasteiger partial charge in [0.05, 0.1) is 18.2 Å². The summed E-state index contributed by atoms with van der Waals surface area (Å²) in [5.74, 6) is -0.112. The van der Waals surface area contributed by atoms with E-state index in [1.54, 1.807) is 13.0 Å². The summed E-state index contributed by atoms with van der Waals surface area (Å²) in [7, 11) is 0. The molecule has 118 valence electrons. The van der Waals surface area contributed by atoms with Gasteiger partial charge < -0.3 is 20.6 Å². The van der Waals surface area contributed by atoms with Gasteiger partial charge in [-0.3, -0.25) is 4.79 Å². The summed E-state index contributed by atoms with van der Waals surface area (Å²) in [6, 6.07) is 6.96. The van der Waals surface area contributed by atoms with E-state index in [4.69, 9.17) is 10.2 Å². The maximum absolute atomic E-state index is 12.8. The predicted octanol–water partition coefficient (Wildman–Crippen LogP) is 2.12. The summed E-state index contributed by atoms with van der Waals surface area (Å²) < 4.78 is 18.0. The van der Waals surface area contributed by atoms with Crippen molar-refractivity contribution in [2.75, 3.05) is 0 Å². The summed E-state index contributed by atoms with van der Waals surface area (Å²) >= 11 is 0. The summed E-state index contributed by atoms with van der Waals surface area (Å²) in [6.07, 6.45) is 0.888. The van der Waals surface area contributed by atoms with Crippen molar-refractivity contribution in [3.05, 3.63) is 59.3 Å². The average molecular weight is 306 g/mol. The first-order valence-electron chi connectivity index (χ1n) is 7.01. The molecule has 1 aromatic carbocycles. The van der Waals surface area contributed by atoms with Crippen molar-refractivity contribution in [3.63, 3.8) is 0 Å². The molecular formula is C16H19FN2O3.